The summed E-state index contributed by atoms with van der Waals surface area (Å²) >= 11 is 0. The van der Waals surface area contributed by atoms with E-state index in [1.165, 1.54) is 4.90 Å². The Kier molecular flexibility index (Phi) is 5.57. The van der Waals surface area contributed by atoms with Gasteiger partial charge in [0, 0.05) is 13.6 Å². The number of nitrogens with zero attached hydrogens (tertiary/aromatic N) is 1. The highest BCUT2D eigenvalue weighted by atomic mass is 16.5. The SMILES string of the molecule is CCOC(=O)CCN(C)C(=O)CC1OB(O)c2ccccc21. The normalized spacial score (nSPS) is 16.3. The molecule has 0 saturated heterocycles. The van der Waals surface area contributed by atoms with Gasteiger partial charge >= 0.3 is 13.1 Å². The van der Waals surface area contributed by atoms with Crippen LogP contribution in [0, 0.1) is 0 Å². The van der Waals surface area contributed by atoms with E-state index in [9.17, 15) is 14.6 Å². The number of ether oxygens (including phenoxy) is 1. The summed E-state index contributed by atoms with van der Waals surface area (Å²) in [5, 5.41) is 9.83. The molecular weight excluding hydrogens is 285 g/mol. The van der Waals surface area contributed by atoms with E-state index in [2.05, 4.69) is 0 Å². The van der Waals surface area contributed by atoms with Crippen molar-refractivity contribution < 1.29 is 24.0 Å². The number of hydrogen-bond acceptors (Lipinski definition) is 5. The number of amides is 1. The number of fused-ring (bicyclic) bond motifs is 1. The minimum Gasteiger partial charge on any atom is -0.466 e. The molecule has 1 aromatic carbocycles. The highest BCUT2D eigenvalue weighted by molar-refractivity contribution is 6.61. The fourth-order valence-electron chi connectivity index (χ4n) is 2.42. The number of rotatable bonds is 6. The molecule has 1 aromatic rings. The van der Waals surface area contributed by atoms with Gasteiger partial charge in [-0.05, 0) is 17.9 Å². The Balaban J connectivity index is 1.89. The van der Waals surface area contributed by atoms with Crippen LogP contribution in [0.3, 0.4) is 0 Å². The van der Waals surface area contributed by atoms with Gasteiger partial charge < -0.3 is 19.3 Å². The first kappa shape index (κ1) is 16.5. The minimum absolute atomic E-state index is 0.132. The fourth-order valence-corrected chi connectivity index (χ4v) is 2.42. The van der Waals surface area contributed by atoms with Gasteiger partial charge in [-0.15, -0.1) is 0 Å². The first-order valence-electron chi connectivity index (χ1n) is 7.34. The lowest BCUT2D eigenvalue weighted by molar-refractivity contribution is -0.144. The molecule has 1 atom stereocenters. The van der Waals surface area contributed by atoms with Gasteiger partial charge in [0.15, 0.2) is 0 Å². The zero-order valence-corrected chi connectivity index (χ0v) is 12.8. The number of hydrogen-bond donors (Lipinski definition) is 1. The predicted octanol–water partition coefficient (Wildman–Crippen LogP) is 0.247. The molecule has 1 unspecified atom stereocenters. The molecule has 22 heavy (non-hydrogen) atoms. The average molecular weight is 305 g/mol. The van der Waals surface area contributed by atoms with Crippen LogP contribution in [-0.2, 0) is 19.0 Å². The van der Waals surface area contributed by atoms with Crippen LogP contribution >= 0.6 is 0 Å². The van der Waals surface area contributed by atoms with Crippen molar-refractivity contribution in [2.24, 2.45) is 0 Å². The number of esters is 1. The van der Waals surface area contributed by atoms with Crippen LogP contribution in [0.2, 0.25) is 0 Å². The molecule has 6 nitrogen and oxygen atoms in total. The molecule has 1 aliphatic heterocycles. The van der Waals surface area contributed by atoms with Crippen LogP contribution in [0.15, 0.2) is 24.3 Å². The third kappa shape index (κ3) is 3.87. The van der Waals surface area contributed by atoms with Gasteiger partial charge in [-0.25, -0.2) is 0 Å². The van der Waals surface area contributed by atoms with Gasteiger partial charge in [0.1, 0.15) is 0 Å². The number of benzene rings is 1. The minimum atomic E-state index is -0.987. The largest absolute Gasteiger partial charge is 0.491 e. The van der Waals surface area contributed by atoms with Crippen LogP contribution in [-0.4, -0.2) is 49.1 Å². The Morgan fingerprint density at radius 1 is 1.41 bits per heavy atom. The van der Waals surface area contributed by atoms with Gasteiger partial charge in [0.05, 0.1) is 25.6 Å². The highest BCUT2D eigenvalue weighted by Crippen LogP contribution is 2.26. The standard InChI is InChI=1S/C15H20BNO5/c1-3-21-15(19)8-9-17(2)14(18)10-13-11-6-4-5-7-12(11)16(20)22-13/h4-7,13,20H,3,8-10H2,1-2H3. The summed E-state index contributed by atoms with van der Waals surface area (Å²) in [7, 11) is 0.651. The maximum atomic E-state index is 12.2. The molecule has 0 aliphatic carbocycles. The Hall–Kier alpha value is -1.86. The molecule has 0 bridgehead atoms. The van der Waals surface area contributed by atoms with E-state index in [1.807, 2.05) is 18.2 Å². The lowest BCUT2D eigenvalue weighted by Gasteiger charge is -2.19. The Bertz CT molecular complexity index is 550. The topological polar surface area (TPSA) is 76.1 Å². The summed E-state index contributed by atoms with van der Waals surface area (Å²) in [5.74, 6) is -0.460. The first-order valence-corrected chi connectivity index (χ1v) is 7.34. The van der Waals surface area contributed by atoms with Crippen molar-refractivity contribution in [3.63, 3.8) is 0 Å². The van der Waals surface area contributed by atoms with E-state index in [0.29, 0.717) is 18.6 Å². The van der Waals surface area contributed by atoms with Crippen molar-refractivity contribution in [2.45, 2.75) is 25.9 Å². The van der Waals surface area contributed by atoms with E-state index in [0.717, 1.165) is 5.56 Å². The maximum Gasteiger partial charge on any atom is 0.491 e. The third-order valence-electron chi connectivity index (χ3n) is 3.64. The molecule has 0 fully saturated rings. The van der Waals surface area contributed by atoms with Gasteiger partial charge in [-0.3, -0.25) is 9.59 Å². The second-order valence-electron chi connectivity index (χ2n) is 5.18. The summed E-state index contributed by atoms with van der Waals surface area (Å²) in [6, 6.07) is 7.31. The monoisotopic (exact) mass is 305 g/mol. The van der Waals surface area contributed by atoms with Crippen molar-refractivity contribution in [1.82, 2.24) is 4.90 Å². The second-order valence-corrected chi connectivity index (χ2v) is 5.18. The molecule has 0 saturated carbocycles. The Labute approximate surface area is 130 Å². The zero-order chi connectivity index (χ0) is 16.1. The molecule has 1 N–H and O–H groups in total. The molecule has 0 radical (unpaired) electrons. The predicted molar refractivity (Wildman–Crippen MR) is 81.4 cm³/mol. The fraction of sp³-hybridized carbons (Fsp3) is 0.467. The van der Waals surface area contributed by atoms with Crippen molar-refractivity contribution in [2.75, 3.05) is 20.2 Å². The third-order valence-corrected chi connectivity index (χ3v) is 3.64. The zero-order valence-electron chi connectivity index (χ0n) is 12.8. The van der Waals surface area contributed by atoms with Crippen LogP contribution in [0.4, 0.5) is 0 Å². The molecule has 0 spiro atoms. The van der Waals surface area contributed by atoms with Gasteiger partial charge in [-0.2, -0.15) is 0 Å². The summed E-state index contributed by atoms with van der Waals surface area (Å²) in [4.78, 5) is 25.0. The number of carbonyl (C=O) groups is 2. The van der Waals surface area contributed by atoms with Gasteiger partial charge in [0.2, 0.25) is 5.91 Å². The lowest BCUT2D eigenvalue weighted by atomic mass is 9.79. The Morgan fingerprint density at radius 3 is 2.86 bits per heavy atom. The van der Waals surface area contributed by atoms with Crippen LogP contribution in [0.5, 0.6) is 0 Å². The quantitative estimate of drug-likeness (QED) is 0.602. The lowest BCUT2D eigenvalue weighted by Crippen LogP contribution is -2.31. The molecule has 1 amide bonds. The van der Waals surface area contributed by atoms with E-state index in [1.54, 1.807) is 20.0 Å². The van der Waals surface area contributed by atoms with Crippen molar-refractivity contribution in [3.05, 3.63) is 29.8 Å². The average Bonchev–Trinajstić information content (AvgIpc) is 2.82. The smallest absolute Gasteiger partial charge is 0.466 e. The maximum absolute atomic E-state index is 12.2. The van der Waals surface area contributed by atoms with Crippen molar-refractivity contribution >= 4 is 24.5 Å². The van der Waals surface area contributed by atoms with Gasteiger partial charge in [0.25, 0.3) is 0 Å². The van der Waals surface area contributed by atoms with Crippen molar-refractivity contribution in [3.8, 4) is 0 Å². The van der Waals surface area contributed by atoms with Crippen LogP contribution in [0.25, 0.3) is 0 Å². The van der Waals surface area contributed by atoms with Crippen molar-refractivity contribution in [1.29, 1.82) is 0 Å². The molecule has 7 heteroatoms. The summed E-state index contributed by atoms with van der Waals surface area (Å²) in [6.07, 6.45) is -0.155. The second kappa shape index (κ2) is 7.42. The van der Waals surface area contributed by atoms with E-state index >= 15 is 0 Å². The summed E-state index contributed by atoms with van der Waals surface area (Å²) < 4.78 is 10.3. The molecule has 2 rings (SSSR count). The van der Waals surface area contributed by atoms with E-state index in [4.69, 9.17) is 9.39 Å². The van der Waals surface area contributed by atoms with Crippen LogP contribution in [0.1, 0.15) is 31.4 Å². The van der Waals surface area contributed by atoms with Gasteiger partial charge in [-0.1, -0.05) is 24.3 Å². The molecule has 1 heterocycles. The Morgan fingerprint density at radius 2 is 2.14 bits per heavy atom. The van der Waals surface area contributed by atoms with Crippen LogP contribution < -0.4 is 5.46 Å². The molecule has 0 aromatic heterocycles. The molecule has 1 aliphatic rings. The number of carbonyl (C=O) groups excluding carboxylic acids is 2. The molecular formula is C15H20BNO5. The summed E-state index contributed by atoms with van der Waals surface area (Å²) in [6.45, 7) is 2.38. The van der Waals surface area contributed by atoms with E-state index < -0.39 is 13.2 Å². The molecule has 118 valence electrons. The van der Waals surface area contributed by atoms with E-state index in [-0.39, 0.29) is 24.7 Å². The summed E-state index contributed by atoms with van der Waals surface area (Å²) in [5.41, 5.74) is 1.54. The highest BCUT2D eigenvalue weighted by Gasteiger charge is 2.36. The first-order chi connectivity index (χ1) is 10.5.